The van der Waals surface area contributed by atoms with Crippen molar-refractivity contribution in [1.82, 2.24) is 20.6 Å². The lowest BCUT2D eigenvalue weighted by Crippen LogP contribution is -2.41. The quantitative estimate of drug-likeness (QED) is 0.720. The number of aromatic nitrogens is 2. The number of benzene rings is 2. The average Bonchev–Trinajstić information content (AvgIpc) is 3.02. The Bertz CT molecular complexity index is 905. The van der Waals surface area contributed by atoms with Crippen molar-refractivity contribution in [3.8, 4) is 5.69 Å². The van der Waals surface area contributed by atoms with Gasteiger partial charge in [0.2, 0.25) is 0 Å². The van der Waals surface area contributed by atoms with Crippen LogP contribution in [-0.4, -0.2) is 21.6 Å². The molecule has 1 aromatic heterocycles. The predicted octanol–water partition coefficient (Wildman–Crippen LogP) is 2.39. The molecule has 0 atom stereocenters. The summed E-state index contributed by atoms with van der Waals surface area (Å²) in [6, 6.07) is 14.3. The molecule has 0 unspecified atom stereocenters. The Hall–Kier alpha value is -3.48. The van der Waals surface area contributed by atoms with E-state index >= 15 is 0 Å². The number of hydrazine groups is 1. The second-order valence-electron chi connectivity index (χ2n) is 5.31. The number of amides is 2. The molecule has 0 bridgehead atoms. The molecule has 126 valence electrons. The van der Waals surface area contributed by atoms with Gasteiger partial charge in [0.25, 0.3) is 11.8 Å². The van der Waals surface area contributed by atoms with Gasteiger partial charge in [-0.25, -0.2) is 9.07 Å². The van der Waals surface area contributed by atoms with Crippen molar-refractivity contribution < 1.29 is 14.0 Å². The van der Waals surface area contributed by atoms with E-state index in [4.69, 9.17) is 0 Å². The van der Waals surface area contributed by atoms with Crippen molar-refractivity contribution in [1.29, 1.82) is 0 Å². The van der Waals surface area contributed by atoms with E-state index in [-0.39, 0.29) is 5.82 Å². The molecule has 0 radical (unpaired) electrons. The van der Waals surface area contributed by atoms with Gasteiger partial charge < -0.3 is 0 Å². The minimum atomic E-state index is -0.491. The van der Waals surface area contributed by atoms with E-state index in [1.54, 1.807) is 49.4 Å². The minimum absolute atomic E-state index is 0.303. The Morgan fingerprint density at radius 1 is 0.960 bits per heavy atom. The van der Waals surface area contributed by atoms with E-state index in [9.17, 15) is 14.0 Å². The van der Waals surface area contributed by atoms with Crippen LogP contribution >= 0.6 is 0 Å². The molecule has 0 aliphatic heterocycles. The monoisotopic (exact) mass is 338 g/mol. The van der Waals surface area contributed by atoms with Gasteiger partial charge in [-0.15, -0.1) is 0 Å². The molecule has 7 heteroatoms. The highest BCUT2D eigenvalue weighted by atomic mass is 19.1. The molecule has 6 nitrogen and oxygen atoms in total. The van der Waals surface area contributed by atoms with Crippen LogP contribution in [0.15, 0.2) is 60.8 Å². The number of halogens is 1. The summed E-state index contributed by atoms with van der Waals surface area (Å²) in [5.74, 6) is -1.26. The van der Waals surface area contributed by atoms with E-state index in [0.29, 0.717) is 22.5 Å². The van der Waals surface area contributed by atoms with Crippen LogP contribution < -0.4 is 10.9 Å². The van der Waals surface area contributed by atoms with Crippen molar-refractivity contribution in [3.05, 3.63) is 83.4 Å². The third-order valence-electron chi connectivity index (χ3n) is 3.65. The number of carbonyl (C=O) groups is 2. The molecule has 0 aliphatic rings. The lowest BCUT2D eigenvalue weighted by Gasteiger charge is -2.08. The Balaban J connectivity index is 1.71. The van der Waals surface area contributed by atoms with Crippen molar-refractivity contribution in [3.63, 3.8) is 0 Å². The molecule has 0 aliphatic carbocycles. The summed E-state index contributed by atoms with van der Waals surface area (Å²) in [4.78, 5) is 24.2. The Morgan fingerprint density at radius 3 is 2.28 bits per heavy atom. The maximum atomic E-state index is 13.0. The minimum Gasteiger partial charge on any atom is -0.267 e. The first kappa shape index (κ1) is 16.4. The highest BCUT2D eigenvalue weighted by molar-refractivity contribution is 5.99. The second kappa shape index (κ2) is 6.96. The molecule has 3 aromatic rings. The summed E-state index contributed by atoms with van der Waals surface area (Å²) >= 11 is 0. The van der Waals surface area contributed by atoms with Gasteiger partial charge in [-0.3, -0.25) is 20.4 Å². The van der Waals surface area contributed by atoms with Gasteiger partial charge in [-0.2, -0.15) is 5.10 Å². The SMILES string of the molecule is Cc1c(C(=O)NNC(=O)c2ccccc2)cnn1-c1ccc(F)cc1. The second-order valence-corrected chi connectivity index (χ2v) is 5.31. The maximum Gasteiger partial charge on any atom is 0.273 e. The van der Waals surface area contributed by atoms with Crippen molar-refractivity contribution in [2.45, 2.75) is 6.92 Å². The predicted molar refractivity (Wildman–Crippen MR) is 89.6 cm³/mol. The van der Waals surface area contributed by atoms with Gasteiger partial charge >= 0.3 is 0 Å². The lowest BCUT2D eigenvalue weighted by atomic mass is 10.2. The summed E-state index contributed by atoms with van der Waals surface area (Å²) in [6.45, 7) is 1.71. The van der Waals surface area contributed by atoms with E-state index in [2.05, 4.69) is 16.0 Å². The lowest BCUT2D eigenvalue weighted by molar-refractivity contribution is 0.0846. The van der Waals surface area contributed by atoms with Crippen molar-refractivity contribution >= 4 is 11.8 Å². The Morgan fingerprint density at radius 2 is 1.60 bits per heavy atom. The molecular formula is C18H15FN4O2. The standard InChI is InChI=1S/C18H15FN4O2/c1-12-16(11-20-23(12)15-9-7-14(19)8-10-15)18(25)22-21-17(24)13-5-3-2-4-6-13/h2-11H,1H3,(H,21,24)(H,22,25). The highest BCUT2D eigenvalue weighted by Gasteiger charge is 2.16. The number of rotatable bonds is 3. The van der Waals surface area contributed by atoms with E-state index in [0.717, 1.165) is 0 Å². The molecule has 1 heterocycles. The smallest absolute Gasteiger partial charge is 0.267 e. The number of nitrogens with one attached hydrogen (secondary N) is 2. The maximum absolute atomic E-state index is 13.0. The largest absolute Gasteiger partial charge is 0.273 e. The number of hydrogen-bond donors (Lipinski definition) is 2. The molecule has 0 saturated carbocycles. The first-order chi connectivity index (χ1) is 12.1. The summed E-state index contributed by atoms with van der Waals surface area (Å²) in [6.07, 6.45) is 1.39. The van der Waals surface area contributed by atoms with E-state index in [1.807, 2.05) is 0 Å². The third-order valence-corrected chi connectivity index (χ3v) is 3.65. The molecule has 2 aromatic carbocycles. The zero-order valence-corrected chi connectivity index (χ0v) is 13.4. The van der Waals surface area contributed by atoms with Crippen LogP contribution in [0.5, 0.6) is 0 Å². The van der Waals surface area contributed by atoms with E-state index < -0.39 is 11.8 Å². The van der Waals surface area contributed by atoms with Crippen LogP contribution in [0.3, 0.4) is 0 Å². The molecule has 0 saturated heterocycles. The fraction of sp³-hybridized carbons (Fsp3) is 0.0556. The van der Waals surface area contributed by atoms with E-state index in [1.165, 1.54) is 23.0 Å². The zero-order valence-electron chi connectivity index (χ0n) is 13.4. The van der Waals surface area contributed by atoms with Crippen LogP contribution in [-0.2, 0) is 0 Å². The fourth-order valence-electron chi connectivity index (χ4n) is 2.32. The topological polar surface area (TPSA) is 76.0 Å². The number of nitrogens with zero attached hydrogens (tertiary/aromatic N) is 2. The van der Waals surface area contributed by atoms with Crippen LogP contribution in [0.25, 0.3) is 5.69 Å². The number of hydrogen-bond acceptors (Lipinski definition) is 3. The summed E-state index contributed by atoms with van der Waals surface area (Å²) in [5, 5.41) is 4.14. The highest BCUT2D eigenvalue weighted by Crippen LogP contribution is 2.14. The first-order valence-electron chi connectivity index (χ1n) is 7.52. The van der Waals surface area contributed by atoms with Crippen molar-refractivity contribution in [2.24, 2.45) is 0 Å². The van der Waals surface area contributed by atoms with Crippen LogP contribution in [0, 0.1) is 12.7 Å². The third kappa shape index (κ3) is 3.55. The van der Waals surface area contributed by atoms with Gasteiger partial charge in [0.15, 0.2) is 0 Å². The van der Waals surface area contributed by atoms with Gasteiger partial charge in [0.1, 0.15) is 5.82 Å². The molecule has 0 fully saturated rings. The van der Waals surface area contributed by atoms with Crippen molar-refractivity contribution in [2.75, 3.05) is 0 Å². The molecule has 0 spiro atoms. The first-order valence-corrected chi connectivity index (χ1v) is 7.52. The Kier molecular flexibility index (Phi) is 4.56. The average molecular weight is 338 g/mol. The Labute approximate surface area is 143 Å². The van der Waals surface area contributed by atoms with Gasteiger partial charge in [0.05, 0.1) is 23.1 Å². The summed E-state index contributed by atoms with van der Waals surface area (Å²) in [7, 11) is 0. The zero-order chi connectivity index (χ0) is 17.8. The molecule has 25 heavy (non-hydrogen) atoms. The fourth-order valence-corrected chi connectivity index (χ4v) is 2.32. The molecular weight excluding hydrogens is 323 g/mol. The molecule has 3 rings (SSSR count). The molecule has 2 N–H and O–H groups in total. The van der Waals surface area contributed by atoms with Crippen LogP contribution in [0.2, 0.25) is 0 Å². The van der Waals surface area contributed by atoms with Gasteiger partial charge in [-0.05, 0) is 43.3 Å². The normalized spacial score (nSPS) is 10.3. The van der Waals surface area contributed by atoms with Gasteiger partial charge in [0, 0.05) is 5.56 Å². The number of carbonyl (C=O) groups excluding carboxylic acids is 2. The molecule has 2 amide bonds. The van der Waals surface area contributed by atoms with Crippen LogP contribution in [0.1, 0.15) is 26.4 Å². The van der Waals surface area contributed by atoms with Crippen LogP contribution in [0.4, 0.5) is 4.39 Å². The van der Waals surface area contributed by atoms with Gasteiger partial charge in [-0.1, -0.05) is 18.2 Å². The summed E-state index contributed by atoms with van der Waals surface area (Å²) < 4.78 is 14.5. The summed E-state index contributed by atoms with van der Waals surface area (Å²) in [5.41, 5.74) is 6.65.